The van der Waals surface area contributed by atoms with Crippen molar-refractivity contribution in [3.8, 4) is 17.1 Å². The average molecular weight is 399 g/mol. The summed E-state index contributed by atoms with van der Waals surface area (Å²) in [6.45, 7) is 9.01. The maximum Gasteiger partial charge on any atom is 0.334 e. The lowest BCUT2D eigenvalue weighted by Crippen LogP contribution is -2.08. The van der Waals surface area contributed by atoms with Crippen LogP contribution in [0, 0.1) is 6.92 Å². The van der Waals surface area contributed by atoms with E-state index in [0.29, 0.717) is 11.6 Å². The van der Waals surface area contributed by atoms with Crippen molar-refractivity contribution in [1.29, 1.82) is 0 Å². The lowest BCUT2D eigenvalue weighted by atomic mass is 10.1. The van der Waals surface area contributed by atoms with Crippen LogP contribution in [0.15, 0.2) is 42.9 Å². The Labute approximate surface area is 169 Å². The highest BCUT2D eigenvalue weighted by Crippen LogP contribution is 2.23. The predicted octanol–water partition coefficient (Wildman–Crippen LogP) is 3.52. The van der Waals surface area contributed by atoms with Crippen molar-refractivity contribution in [2.24, 2.45) is 0 Å². The van der Waals surface area contributed by atoms with Gasteiger partial charge in [0.1, 0.15) is 12.1 Å². The van der Waals surface area contributed by atoms with Gasteiger partial charge in [-0.05, 0) is 58.4 Å². The molecule has 0 saturated heterocycles. The van der Waals surface area contributed by atoms with E-state index in [-0.39, 0.29) is 12.2 Å². The molecule has 2 rings (SSSR count). The molecule has 0 amide bonds. The van der Waals surface area contributed by atoms with Crippen LogP contribution in [0.4, 0.5) is 0 Å². The van der Waals surface area contributed by atoms with E-state index < -0.39 is 11.9 Å². The number of carbonyl (C=O) groups excluding carboxylic acids is 2. The van der Waals surface area contributed by atoms with Gasteiger partial charge in [0, 0.05) is 17.8 Å². The Morgan fingerprint density at radius 3 is 2.31 bits per heavy atom. The molecule has 8 nitrogen and oxygen atoms in total. The Bertz CT molecular complexity index is 913. The van der Waals surface area contributed by atoms with E-state index >= 15 is 0 Å². The topological polar surface area (TPSA) is 92.5 Å². The van der Waals surface area contributed by atoms with Gasteiger partial charge in [-0.3, -0.25) is 0 Å². The second-order valence-electron chi connectivity index (χ2n) is 6.79. The molecule has 0 aliphatic rings. The molecule has 0 fully saturated rings. The van der Waals surface area contributed by atoms with E-state index in [0.717, 1.165) is 11.1 Å². The number of aromatic nitrogens is 3. The number of carbonyl (C=O) groups is 2. The number of rotatable bonds is 8. The number of ether oxygens (including phenoxy) is 3. The van der Waals surface area contributed by atoms with Crippen molar-refractivity contribution in [3.05, 3.63) is 48.5 Å². The lowest BCUT2D eigenvalue weighted by Gasteiger charge is -2.06. The maximum absolute atomic E-state index is 11.6. The Morgan fingerprint density at radius 2 is 1.66 bits per heavy atom. The molecular weight excluding hydrogens is 374 g/mol. The minimum atomic E-state index is -0.476. The van der Waals surface area contributed by atoms with Gasteiger partial charge in [-0.1, -0.05) is 0 Å². The van der Waals surface area contributed by atoms with Gasteiger partial charge in [0.25, 0.3) is 0 Å². The van der Waals surface area contributed by atoms with E-state index in [2.05, 4.69) is 10.1 Å². The normalized spacial score (nSPS) is 11.6. The number of hydrogen-bond acceptors (Lipinski definition) is 7. The fraction of sp³-hybridized carbons (Fsp3) is 0.333. The zero-order chi connectivity index (χ0) is 21.4. The first-order chi connectivity index (χ1) is 13.7. The van der Waals surface area contributed by atoms with Crippen LogP contribution in [0.3, 0.4) is 0 Å². The lowest BCUT2D eigenvalue weighted by molar-refractivity contribution is -0.142. The van der Waals surface area contributed by atoms with Crippen LogP contribution in [-0.4, -0.2) is 38.9 Å². The van der Waals surface area contributed by atoms with Crippen LogP contribution >= 0.6 is 0 Å². The first-order valence-electron chi connectivity index (χ1n) is 9.19. The van der Waals surface area contributed by atoms with Crippen molar-refractivity contribution in [2.45, 2.75) is 46.8 Å². The third kappa shape index (κ3) is 7.61. The molecule has 0 N–H and O–H groups in total. The minimum absolute atomic E-state index is 0.189. The second kappa shape index (κ2) is 10.2. The molecule has 2 aromatic rings. The van der Waals surface area contributed by atoms with Crippen LogP contribution in [0.25, 0.3) is 17.6 Å². The quantitative estimate of drug-likeness (QED) is 0.381. The summed E-state index contributed by atoms with van der Waals surface area (Å²) in [5.41, 5.74) is 1.66. The summed E-state index contributed by atoms with van der Waals surface area (Å²) in [6.07, 6.45) is 6.35. The molecule has 0 aliphatic heterocycles. The molecular formula is C21H25N3O5. The van der Waals surface area contributed by atoms with Gasteiger partial charge in [0.2, 0.25) is 0 Å². The average Bonchev–Trinajstić information content (AvgIpc) is 3.07. The Balaban J connectivity index is 2.09. The third-order valence-corrected chi connectivity index (χ3v) is 3.29. The second-order valence-corrected chi connectivity index (χ2v) is 6.79. The number of aryl methyl sites for hydroxylation is 1. The highest BCUT2D eigenvalue weighted by Gasteiger charge is 2.08. The summed E-state index contributed by atoms with van der Waals surface area (Å²) < 4.78 is 17.0. The Kier molecular flexibility index (Phi) is 7.70. The third-order valence-electron chi connectivity index (χ3n) is 3.29. The number of nitrogens with zero attached hydrogens (tertiary/aromatic N) is 3. The van der Waals surface area contributed by atoms with Crippen molar-refractivity contribution in [1.82, 2.24) is 14.8 Å². The standard InChI is InChI=1S/C21H25N3O5/c1-14(2)28-19(25)6-8-24-13-22-21(23-24)17-10-16(5)11-18(12-17)27-9-7-20(26)29-15(3)4/h6-15H,1-5H3/b8-6-,9-7+. The molecule has 0 unspecified atom stereocenters. The fourth-order valence-corrected chi connectivity index (χ4v) is 2.27. The first kappa shape index (κ1) is 21.9. The molecule has 0 bridgehead atoms. The molecule has 8 heteroatoms. The zero-order valence-corrected chi connectivity index (χ0v) is 17.2. The Hall–Kier alpha value is -3.42. The monoisotopic (exact) mass is 399 g/mol. The molecule has 1 heterocycles. The van der Waals surface area contributed by atoms with Gasteiger partial charge in [0.05, 0.1) is 24.5 Å². The summed E-state index contributed by atoms with van der Waals surface area (Å²) in [4.78, 5) is 27.3. The van der Waals surface area contributed by atoms with Gasteiger partial charge in [0.15, 0.2) is 5.82 Å². The zero-order valence-electron chi connectivity index (χ0n) is 17.2. The summed E-state index contributed by atoms with van der Waals surface area (Å²) in [7, 11) is 0. The largest absolute Gasteiger partial charge is 0.465 e. The van der Waals surface area contributed by atoms with Crippen LogP contribution in [0.2, 0.25) is 0 Å². The highest BCUT2D eigenvalue weighted by molar-refractivity contribution is 5.85. The highest BCUT2D eigenvalue weighted by atomic mass is 16.5. The first-order valence-corrected chi connectivity index (χ1v) is 9.19. The van der Waals surface area contributed by atoms with Crippen LogP contribution in [-0.2, 0) is 19.1 Å². The van der Waals surface area contributed by atoms with Crippen molar-refractivity contribution < 1.29 is 23.8 Å². The van der Waals surface area contributed by atoms with E-state index in [1.54, 1.807) is 33.8 Å². The molecule has 1 aromatic heterocycles. The van der Waals surface area contributed by atoms with E-state index in [1.807, 2.05) is 19.1 Å². The van der Waals surface area contributed by atoms with Gasteiger partial charge in [-0.2, -0.15) is 0 Å². The van der Waals surface area contributed by atoms with E-state index in [1.165, 1.54) is 35.6 Å². The molecule has 0 spiro atoms. The van der Waals surface area contributed by atoms with E-state index in [9.17, 15) is 9.59 Å². The molecule has 154 valence electrons. The van der Waals surface area contributed by atoms with Gasteiger partial charge < -0.3 is 14.2 Å². The minimum Gasteiger partial charge on any atom is -0.465 e. The summed E-state index contributed by atoms with van der Waals surface area (Å²) in [5.74, 6) is 0.0618. The van der Waals surface area contributed by atoms with Gasteiger partial charge in [-0.15, -0.1) is 5.10 Å². The predicted molar refractivity (Wildman–Crippen MR) is 108 cm³/mol. The molecule has 1 aromatic carbocycles. The molecule has 29 heavy (non-hydrogen) atoms. The van der Waals surface area contributed by atoms with Crippen molar-refractivity contribution in [3.63, 3.8) is 0 Å². The summed E-state index contributed by atoms with van der Waals surface area (Å²) >= 11 is 0. The number of benzene rings is 1. The van der Waals surface area contributed by atoms with Crippen LogP contribution in [0.5, 0.6) is 5.75 Å². The van der Waals surface area contributed by atoms with Crippen molar-refractivity contribution in [2.75, 3.05) is 0 Å². The maximum atomic E-state index is 11.6. The van der Waals surface area contributed by atoms with Gasteiger partial charge >= 0.3 is 11.9 Å². The fourth-order valence-electron chi connectivity index (χ4n) is 2.27. The molecule has 0 atom stereocenters. The van der Waals surface area contributed by atoms with Gasteiger partial charge in [-0.25, -0.2) is 19.3 Å². The van der Waals surface area contributed by atoms with Crippen LogP contribution in [0.1, 0.15) is 33.3 Å². The van der Waals surface area contributed by atoms with Crippen LogP contribution < -0.4 is 4.74 Å². The number of hydrogen-bond donors (Lipinski definition) is 0. The molecule has 0 aliphatic carbocycles. The van der Waals surface area contributed by atoms with Crippen molar-refractivity contribution >= 4 is 18.1 Å². The smallest absolute Gasteiger partial charge is 0.334 e. The summed E-state index contributed by atoms with van der Waals surface area (Å²) in [5, 5.41) is 4.32. The Morgan fingerprint density at radius 1 is 1.00 bits per heavy atom. The molecule has 0 saturated carbocycles. The molecule has 0 radical (unpaired) electrons. The SMILES string of the molecule is Cc1cc(O/C=C/C(=O)OC(C)C)cc(-c2ncn(/C=C\C(=O)OC(C)C)n2)c1. The van der Waals surface area contributed by atoms with E-state index in [4.69, 9.17) is 14.2 Å². The summed E-state index contributed by atoms with van der Waals surface area (Å²) in [6, 6.07) is 5.47. The number of esters is 2.